The first-order chi connectivity index (χ1) is 14.0. The number of halogens is 1. The first kappa shape index (κ1) is 22.1. The summed E-state index contributed by atoms with van der Waals surface area (Å²) in [4.78, 5) is 16.2. The Morgan fingerprint density at radius 3 is 2.50 bits per heavy atom. The van der Waals surface area contributed by atoms with Gasteiger partial charge in [0, 0.05) is 11.1 Å². The molecular weight excluding hydrogens is 495 g/mol. The number of aryl methyl sites for hydroxylation is 2. The fourth-order valence-corrected chi connectivity index (χ4v) is 4.43. The Bertz CT molecular complexity index is 1120. The summed E-state index contributed by atoms with van der Waals surface area (Å²) in [5, 5.41) is 17.8. The predicted molar refractivity (Wildman–Crippen MR) is 125 cm³/mol. The zero-order valence-electron chi connectivity index (χ0n) is 17.9. The number of rotatable bonds is 5. The second kappa shape index (κ2) is 8.25. The molecule has 0 saturated heterocycles. The number of carboxylic acid groups (broad SMARTS) is 1. The first-order valence-corrected chi connectivity index (χ1v) is 10.5. The topological polar surface area (TPSA) is 89.3 Å². The second-order valence-electron chi connectivity index (χ2n) is 8.08. The molecule has 0 fully saturated rings. The minimum Gasteiger partial charge on any atom is -0.494 e. The summed E-state index contributed by atoms with van der Waals surface area (Å²) in [6, 6.07) is 9.03. The highest BCUT2D eigenvalue weighted by Crippen LogP contribution is 2.37. The van der Waals surface area contributed by atoms with Crippen molar-refractivity contribution in [1.29, 1.82) is 0 Å². The van der Waals surface area contributed by atoms with Gasteiger partial charge in [-0.25, -0.2) is 14.5 Å². The van der Waals surface area contributed by atoms with Crippen molar-refractivity contribution in [2.45, 2.75) is 40.0 Å². The number of ether oxygens (including phenoxy) is 1. The molecule has 0 aliphatic heterocycles. The molecule has 2 aromatic heterocycles. The molecule has 158 valence electrons. The van der Waals surface area contributed by atoms with Gasteiger partial charge in [-0.2, -0.15) is 5.10 Å². The van der Waals surface area contributed by atoms with Crippen molar-refractivity contribution in [3.05, 3.63) is 56.4 Å². The highest BCUT2D eigenvalue weighted by Gasteiger charge is 2.28. The molecule has 30 heavy (non-hydrogen) atoms. The fourth-order valence-electron chi connectivity index (χ4n) is 3.15. The van der Waals surface area contributed by atoms with Crippen LogP contribution >= 0.6 is 22.6 Å². The zero-order valence-corrected chi connectivity index (χ0v) is 20.0. The Labute approximate surface area is 189 Å². The van der Waals surface area contributed by atoms with Crippen LogP contribution in [0.2, 0.25) is 0 Å². The van der Waals surface area contributed by atoms with Gasteiger partial charge in [-0.15, -0.1) is 0 Å². The average Bonchev–Trinajstić information content (AvgIpc) is 2.98. The molecule has 0 saturated carbocycles. The van der Waals surface area contributed by atoms with E-state index in [2.05, 4.69) is 53.7 Å². The number of benzene rings is 1. The molecule has 2 N–H and O–H groups in total. The highest BCUT2D eigenvalue weighted by molar-refractivity contribution is 14.1. The predicted octanol–water partition coefficient (Wildman–Crippen LogP) is 5.24. The van der Waals surface area contributed by atoms with Crippen LogP contribution in [0.1, 0.15) is 48.1 Å². The van der Waals surface area contributed by atoms with Crippen LogP contribution in [0.5, 0.6) is 5.75 Å². The van der Waals surface area contributed by atoms with Gasteiger partial charge in [0.2, 0.25) is 0 Å². The van der Waals surface area contributed by atoms with E-state index in [0.29, 0.717) is 17.3 Å². The Morgan fingerprint density at radius 2 is 1.90 bits per heavy atom. The van der Waals surface area contributed by atoms with Crippen LogP contribution in [-0.4, -0.2) is 33.0 Å². The van der Waals surface area contributed by atoms with E-state index in [9.17, 15) is 9.90 Å². The van der Waals surface area contributed by atoms with Crippen LogP contribution in [0.4, 0.5) is 11.6 Å². The number of aromatic nitrogens is 3. The molecule has 0 amide bonds. The number of methoxy groups -OCH3 is 1. The third-order valence-electron chi connectivity index (χ3n) is 4.67. The van der Waals surface area contributed by atoms with Gasteiger partial charge in [0.1, 0.15) is 28.6 Å². The summed E-state index contributed by atoms with van der Waals surface area (Å²) in [6.45, 7) is 10.1. The molecule has 0 unspecified atom stereocenters. The van der Waals surface area contributed by atoms with E-state index in [1.54, 1.807) is 23.9 Å². The Hall–Kier alpha value is -2.62. The SMILES string of the molecule is COc1cccc(C)c1-n1nc(C(C)(C)C)c(I)c1Nc1nc(C)ccc1C(=O)O. The lowest BCUT2D eigenvalue weighted by molar-refractivity contribution is 0.0697. The van der Waals surface area contributed by atoms with E-state index in [1.807, 2.05) is 32.0 Å². The standard InChI is InChI=1S/C22H25IN4O3/c1-12-8-7-9-15(30-6)17(12)27-20(16(23)18(26-27)22(3,4)5)25-19-14(21(28)29)11-10-13(2)24-19/h7-11H,1-6H3,(H,24,25)(H,28,29). The maximum Gasteiger partial charge on any atom is 0.339 e. The van der Waals surface area contributed by atoms with Gasteiger partial charge in [-0.1, -0.05) is 32.9 Å². The molecule has 0 atom stereocenters. The number of hydrogen-bond donors (Lipinski definition) is 2. The monoisotopic (exact) mass is 520 g/mol. The van der Waals surface area contributed by atoms with Crippen molar-refractivity contribution in [2.75, 3.05) is 12.4 Å². The van der Waals surface area contributed by atoms with Crippen molar-refractivity contribution in [2.24, 2.45) is 0 Å². The molecule has 3 aromatic rings. The van der Waals surface area contributed by atoms with Gasteiger partial charge < -0.3 is 15.2 Å². The molecule has 0 aliphatic carbocycles. The van der Waals surface area contributed by atoms with Crippen molar-refractivity contribution in [3.63, 3.8) is 0 Å². The molecule has 3 rings (SSSR count). The Balaban J connectivity index is 2.30. The van der Waals surface area contributed by atoms with Crippen LogP contribution in [0, 0.1) is 17.4 Å². The zero-order chi connectivity index (χ0) is 22.2. The van der Waals surface area contributed by atoms with E-state index >= 15 is 0 Å². The largest absolute Gasteiger partial charge is 0.494 e. The van der Waals surface area contributed by atoms with E-state index in [0.717, 1.165) is 20.5 Å². The third-order valence-corrected chi connectivity index (χ3v) is 5.69. The molecule has 0 bridgehead atoms. The fraction of sp³-hybridized carbons (Fsp3) is 0.318. The van der Waals surface area contributed by atoms with Gasteiger partial charge in [-0.3, -0.25) is 0 Å². The number of anilines is 2. The van der Waals surface area contributed by atoms with Gasteiger partial charge in [0.05, 0.1) is 16.4 Å². The molecule has 7 nitrogen and oxygen atoms in total. The van der Waals surface area contributed by atoms with Gasteiger partial charge in [0.15, 0.2) is 0 Å². The first-order valence-electron chi connectivity index (χ1n) is 9.45. The van der Waals surface area contributed by atoms with Crippen molar-refractivity contribution in [3.8, 4) is 11.4 Å². The molecule has 2 heterocycles. The number of carboxylic acids is 1. The van der Waals surface area contributed by atoms with Crippen LogP contribution in [0.25, 0.3) is 5.69 Å². The molecule has 0 spiro atoms. The second-order valence-corrected chi connectivity index (χ2v) is 9.16. The minimum absolute atomic E-state index is 0.0956. The van der Waals surface area contributed by atoms with Crippen LogP contribution in [0.15, 0.2) is 30.3 Å². The number of aromatic carboxylic acids is 1. The maximum absolute atomic E-state index is 11.8. The van der Waals surface area contributed by atoms with E-state index in [-0.39, 0.29) is 16.8 Å². The van der Waals surface area contributed by atoms with Crippen LogP contribution < -0.4 is 10.1 Å². The van der Waals surface area contributed by atoms with Gasteiger partial charge in [0.25, 0.3) is 0 Å². The number of nitrogens with zero attached hydrogens (tertiary/aromatic N) is 3. The summed E-state index contributed by atoms with van der Waals surface area (Å²) >= 11 is 2.25. The Morgan fingerprint density at radius 1 is 1.20 bits per heavy atom. The van der Waals surface area contributed by atoms with Crippen molar-refractivity contribution >= 4 is 40.2 Å². The highest BCUT2D eigenvalue weighted by atomic mass is 127. The molecular formula is C22H25IN4O3. The van der Waals surface area contributed by atoms with E-state index in [4.69, 9.17) is 9.84 Å². The molecule has 0 aliphatic rings. The summed E-state index contributed by atoms with van der Waals surface area (Å²) in [7, 11) is 1.62. The van der Waals surface area contributed by atoms with E-state index in [1.165, 1.54) is 0 Å². The average molecular weight is 520 g/mol. The summed E-state index contributed by atoms with van der Waals surface area (Å²) in [6.07, 6.45) is 0. The number of pyridine rings is 1. The molecule has 8 heteroatoms. The number of nitrogens with one attached hydrogen (secondary N) is 1. The van der Waals surface area contributed by atoms with Crippen LogP contribution in [-0.2, 0) is 5.41 Å². The number of hydrogen-bond acceptors (Lipinski definition) is 5. The number of carbonyl (C=O) groups is 1. The van der Waals surface area contributed by atoms with Crippen LogP contribution in [0.3, 0.4) is 0 Å². The normalized spacial score (nSPS) is 11.4. The lowest BCUT2D eigenvalue weighted by Crippen LogP contribution is -2.14. The summed E-state index contributed by atoms with van der Waals surface area (Å²) < 4.78 is 8.28. The number of para-hydroxylation sites is 1. The summed E-state index contributed by atoms with van der Waals surface area (Å²) in [5.41, 5.74) is 3.25. The quantitative estimate of drug-likeness (QED) is 0.448. The maximum atomic E-state index is 11.8. The molecule has 1 aromatic carbocycles. The lowest BCUT2D eigenvalue weighted by atomic mass is 9.92. The smallest absolute Gasteiger partial charge is 0.339 e. The van der Waals surface area contributed by atoms with Gasteiger partial charge >= 0.3 is 5.97 Å². The van der Waals surface area contributed by atoms with E-state index < -0.39 is 5.97 Å². The van der Waals surface area contributed by atoms with Crippen molar-refractivity contribution in [1.82, 2.24) is 14.8 Å². The lowest BCUT2D eigenvalue weighted by Gasteiger charge is -2.16. The summed E-state index contributed by atoms with van der Waals surface area (Å²) in [5.74, 6) is 0.548. The minimum atomic E-state index is -1.05. The van der Waals surface area contributed by atoms with Gasteiger partial charge in [-0.05, 0) is 60.2 Å². The third kappa shape index (κ3) is 4.14. The van der Waals surface area contributed by atoms with Crippen molar-refractivity contribution < 1.29 is 14.6 Å². The Kier molecular flexibility index (Phi) is 6.07. The molecule has 0 radical (unpaired) electrons.